The third-order valence-corrected chi connectivity index (χ3v) is 10.2. The summed E-state index contributed by atoms with van der Waals surface area (Å²) in [5.74, 6) is 4.32. The first kappa shape index (κ1) is 24.1. The minimum atomic E-state index is -0.384. The summed E-state index contributed by atoms with van der Waals surface area (Å²) in [6, 6.07) is 0. The highest BCUT2D eigenvalue weighted by molar-refractivity contribution is 5.67. The van der Waals surface area contributed by atoms with E-state index >= 15 is 0 Å². The number of allylic oxidation sites excluding steroid dienone is 1. The fourth-order valence-corrected chi connectivity index (χ4v) is 8.43. The van der Waals surface area contributed by atoms with Gasteiger partial charge in [-0.3, -0.25) is 0 Å². The number of aliphatic hydroxyl groups is 1. The van der Waals surface area contributed by atoms with E-state index in [9.17, 15) is 4.79 Å². The summed E-state index contributed by atoms with van der Waals surface area (Å²) >= 11 is 0. The van der Waals surface area contributed by atoms with E-state index in [2.05, 4.69) is 39.1 Å². The van der Waals surface area contributed by atoms with Crippen LogP contribution in [0.3, 0.4) is 0 Å². The van der Waals surface area contributed by atoms with Crippen molar-refractivity contribution in [2.45, 2.75) is 104 Å². The lowest BCUT2D eigenvalue weighted by Crippen LogP contribution is -2.50. The van der Waals surface area contributed by atoms with Crippen LogP contribution in [0.5, 0.6) is 0 Å². The van der Waals surface area contributed by atoms with Crippen LogP contribution in [0.1, 0.15) is 98.3 Å². The van der Waals surface area contributed by atoms with Gasteiger partial charge in [-0.25, -0.2) is 4.79 Å². The zero-order valence-electron chi connectivity index (χ0n) is 21.0. The largest absolute Gasteiger partial charge is 0.446 e. The van der Waals surface area contributed by atoms with Gasteiger partial charge in [-0.05, 0) is 91.8 Å². The number of alkyl carbamates (subject to hydrolysis) is 1. The second kappa shape index (κ2) is 9.68. The van der Waals surface area contributed by atoms with Crippen molar-refractivity contribution in [2.24, 2.45) is 40.4 Å². The number of amides is 1. The molecule has 2 N–H and O–H groups in total. The topological polar surface area (TPSA) is 58.6 Å². The number of nitrogens with one attached hydrogen (secondary N) is 1. The van der Waals surface area contributed by atoms with E-state index in [1.54, 1.807) is 5.57 Å². The third-order valence-electron chi connectivity index (χ3n) is 10.2. The number of hydrogen-bond donors (Lipinski definition) is 2. The SMILES string of the molecule is CC(C)CCCC1CCC2C3CC=C4C[C@H](OC(=O)NCCO)CC[C@@]4(C)C3CC[C@@]12C. The highest BCUT2D eigenvalue weighted by atomic mass is 16.6. The molecule has 4 aliphatic carbocycles. The van der Waals surface area contributed by atoms with Crippen LogP contribution in [0.15, 0.2) is 11.6 Å². The smallest absolute Gasteiger partial charge is 0.407 e. The Kier molecular flexibility index (Phi) is 7.29. The zero-order chi connectivity index (χ0) is 22.9. The molecule has 1 amide bonds. The van der Waals surface area contributed by atoms with Crippen molar-refractivity contribution in [1.82, 2.24) is 5.32 Å². The Hall–Kier alpha value is -1.03. The van der Waals surface area contributed by atoms with E-state index in [0.29, 0.717) is 10.8 Å². The van der Waals surface area contributed by atoms with Crippen LogP contribution in [0.25, 0.3) is 0 Å². The summed E-state index contributed by atoms with van der Waals surface area (Å²) < 4.78 is 5.68. The lowest BCUT2D eigenvalue weighted by Gasteiger charge is -2.58. The monoisotopic (exact) mass is 445 g/mol. The molecule has 0 radical (unpaired) electrons. The molecule has 4 aliphatic rings. The Morgan fingerprint density at radius 3 is 2.75 bits per heavy atom. The molecule has 182 valence electrons. The number of carbonyl (C=O) groups is 1. The van der Waals surface area contributed by atoms with Crippen molar-refractivity contribution in [3.05, 3.63) is 11.6 Å². The maximum atomic E-state index is 12.0. The molecule has 3 fully saturated rings. The molecule has 32 heavy (non-hydrogen) atoms. The molecular weight excluding hydrogens is 398 g/mol. The van der Waals surface area contributed by atoms with Crippen molar-refractivity contribution in [3.8, 4) is 0 Å². The number of hydrogen-bond acceptors (Lipinski definition) is 3. The zero-order valence-corrected chi connectivity index (χ0v) is 21.0. The molecule has 0 saturated heterocycles. The highest BCUT2D eigenvalue weighted by Crippen LogP contribution is 2.66. The van der Waals surface area contributed by atoms with Gasteiger partial charge in [-0.1, -0.05) is 52.2 Å². The second-order valence-electron chi connectivity index (χ2n) is 12.3. The molecule has 0 spiro atoms. The molecule has 0 aliphatic heterocycles. The first-order valence-corrected chi connectivity index (χ1v) is 13.5. The van der Waals surface area contributed by atoms with Gasteiger partial charge in [0, 0.05) is 13.0 Å². The molecule has 0 bridgehead atoms. The average Bonchev–Trinajstić information content (AvgIpc) is 3.09. The first-order chi connectivity index (χ1) is 15.3. The molecule has 0 heterocycles. The highest BCUT2D eigenvalue weighted by Gasteiger charge is 2.58. The predicted octanol–water partition coefficient (Wildman–Crippen LogP) is 6.48. The fourth-order valence-electron chi connectivity index (χ4n) is 8.43. The summed E-state index contributed by atoms with van der Waals surface area (Å²) in [6.07, 6.45) is 16.3. The number of rotatable bonds is 7. The van der Waals surface area contributed by atoms with Gasteiger partial charge in [0.1, 0.15) is 6.10 Å². The standard InChI is InChI=1S/C28H47NO3/c1-19(2)6-5-7-20-9-11-24-23-10-8-21-18-22(32-26(31)29-16-17-30)12-14-28(21,4)25(23)13-15-27(20,24)3/h8,19-20,22-25,30H,5-7,9-18H2,1-4H3,(H,29,31)/t20?,22-,23?,24?,25?,27+,28-/m1/s1. The minimum Gasteiger partial charge on any atom is -0.446 e. The van der Waals surface area contributed by atoms with Crippen molar-refractivity contribution < 1.29 is 14.6 Å². The van der Waals surface area contributed by atoms with E-state index in [1.807, 2.05) is 0 Å². The van der Waals surface area contributed by atoms with E-state index in [4.69, 9.17) is 9.84 Å². The molecule has 4 heteroatoms. The number of fused-ring (bicyclic) bond motifs is 5. The molecule has 4 unspecified atom stereocenters. The Balaban J connectivity index is 1.41. The van der Waals surface area contributed by atoms with Crippen molar-refractivity contribution >= 4 is 6.09 Å². The van der Waals surface area contributed by atoms with Crippen LogP contribution in [0.4, 0.5) is 4.79 Å². The maximum absolute atomic E-state index is 12.0. The van der Waals surface area contributed by atoms with Crippen LogP contribution < -0.4 is 5.32 Å². The number of carbonyl (C=O) groups excluding carboxylic acids is 1. The van der Waals surface area contributed by atoms with E-state index in [-0.39, 0.29) is 25.3 Å². The Morgan fingerprint density at radius 2 is 2.00 bits per heavy atom. The molecule has 4 nitrogen and oxygen atoms in total. The normalized spacial score (nSPS) is 40.8. The number of aliphatic hydroxyl groups excluding tert-OH is 1. The van der Waals surface area contributed by atoms with Crippen LogP contribution >= 0.6 is 0 Å². The average molecular weight is 446 g/mol. The molecule has 0 aromatic heterocycles. The summed E-state index contributed by atoms with van der Waals surface area (Å²) in [6.45, 7) is 10.1. The molecule has 3 saturated carbocycles. The minimum absolute atomic E-state index is 0.0183. The van der Waals surface area contributed by atoms with Crippen molar-refractivity contribution in [3.63, 3.8) is 0 Å². The van der Waals surface area contributed by atoms with Crippen LogP contribution in [0.2, 0.25) is 0 Å². The fraction of sp³-hybridized carbons (Fsp3) is 0.893. The summed E-state index contributed by atoms with van der Waals surface area (Å²) in [7, 11) is 0. The van der Waals surface area contributed by atoms with Crippen molar-refractivity contribution in [2.75, 3.05) is 13.2 Å². The first-order valence-electron chi connectivity index (χ1n) is 13.5. The van der Waals surface area contributed by atoms with Gasteiger partial charge in [0.05, 0.1) is 6.61 Å². The lowest BCUT2D eigenvalue weighted by atomic mass is 9.47. The molecule has 7 atom stereocenters. The van der Waals surface area contributed by atoms with Gasteiger partial charge >= 0.3 is 6.09 Å². The molecule has 0 aromatic rings. The van der Waals surface area contributed by atoms with Gasteiger partial charge in [0.25, 0.3) is 0 Å². The van der Waals surface area contributed by atoms with Crippen LogP contribution in [-0.2, 0) is 4.74 Å². The van der Waals surface area contributed by atoms with E-state index in [1.165, 1.54) is 51.4 Å². The van der Waals surface area contributed by atoms with E-state index in [0.717, 1.165) is 48.9 Å². The Labute approximate surface area is 195 Å². The summed E-state index contributed by atoms with van der Waals surface area (Å²) in [4.78, 5) is 12.0. The molecular formula is C28H47NO3. The van der Waals surface area contributed by atoms with Crippen LogP contribution in [-0.4, -0.2) is 30.5 Å². The predicted molar refractivity (Wildman–Crippen MR) is 129 cm³/mol. The van der Waals surface area contributed by atoms with Gasteiger partial charge in [-0.15, -0.1) is 0 Å². The third kappa shape index (κ3) is 4.50. The Bertz CT molecular complexity index is 703. The van der Waals surface area contributed by atoms with E-state index < -0.39 is 0 Å². The maximum Gasteiger partial charge on any atom is 0.407 e. The van der Waals surface area contributed by atoms with Crippen molar-refractivity contribution in [1.29, 1.82) is 0 Å². The summed E-state index contributed by atoms with van der Waals surface area (Å²) in [5, 5.41) is 11.5. The molecule has 4 rings (SSSR count). The second-order valence-corrected chi connectivity index (χ2v) is 12.3. The molecule has 0 aromatic carbocycles. The van der Waals surface area contributed by atoms with Gasteiger partial charge in [0.15, 0.2) is 0 Å². The summed E-state index contributed by atoms with van der Waals surface area (Å²) in [5.41, 5.74) is 2.41. The van der Waals surface area contributed by atoms with Gasteiger partial charge in [-0.2, -0.15) is 0 Å². The Morgan fingerprint density at radius 1 is 1.19 bits per heavy atom. The lowest BCUT2D eigenvalue weighted by molar-refractivity contribution is -0.0519. The van der Waals surface area contributed by atoms with Gasteiger partial charge in [0.2, 0.25) is 0 Å². The quantitative estimate of drug-likeness (QED) is 0.441. The number of ether oxygens (including phenoxy) is 1. The van der Waals surface area contributed by atoms with Gasteiger partial charge < -0.3 is 15.2 Å². The van der Waals surface area contributed by atoms with Crippen LogP contribution in [0, 0.1) is 40.4 Å².